The Balaban J connectivity index is 4.28. The zero-order chi connectivity index (χ0) is 48.6. The lowest BCUT2D eigenvalue weighted by Gasteiger charge is -2.18. The molecule has 0 bridgehead atoms. The summed E-state index contributed by atoms with van der Waals surface area (Å²) in [6.45, 7) is 6.46. The van der Waals surface area contributed by atoms with Gasteiger partial charge < -0.3 is 14.2 Å². The molecule has 0 heterocycles. The Morgan fingerprint density at radius 2 is 0.597 bits per heavy atom. The Labute approximate surface area is 414 Å². The third-order valence-electron chi connectivity index (χ3n) is 11.9. The molecule has 0 rings (SSSR count). The third-order valence-corrected chi connectivity index (χ3v) is 11.9. The van der Waals surface area contributed by atoms with Crippen molar-refractivity contribution in [2.24, 2.45) is 0 Å². The summed E-state index contributed by atoms with van der Waals surface area (Å²) in [4.78, 5) is 38.0. The van der Waals surface area contributed by atoms with Gasteiger partial charge in [0.05, 0.1) is 0 Å². The van der Waals surface area contributed by atoms with E-state index in [4.69, 9.17) is 14.2 Å². The van der Waals surface area contributed by atoms with Crippen LogP contribution in [0.4, 0.5) is 0 Å². The predicted octanol–water partition coefficient (Wildman–Crippen LogP) is 18.8. The molecule has 0 aliphatic rings. The van der Waals surface area contributed by atoms with E-state index in [1.807, 2.05) is 0 Å². The zero-order valence-corrected chi connectivity index (χ0v) is 43.9. The van der Waals surface area contributed by atoms with Crippen LogP contribution in [-0.4, -0.2) is 37.2 Å². The fourth-order valence-electron chi connectivity index (χ4n) is 7.62. The normalized spacial score (nSPS) is 12.7. The first-order chi connectivity index (χ1) is 33.0. The van der Waals surface area contributed by atoms with Crippen LogP contribution >= 0.6 is 0 Å². The van der Waals surface area contributed by atoms with Crippen LogP contribution in [0, 0.1) is 0 Å². The van der Waals surface area contributed by atoms with Crippen LogP contribution in [0.25, 0.3) is 0 Å². The lowest BCUT2D eigenvalue weighted by atomic mass is 10.1. The van der Waals surface area contributed by atoms with E-state index in [1.54, 1.807) is 0 Å². The molecule has 0 spiro atoms. The van der Waals surface area contributed by atoms with E-state index in [-0.39, 0.29) is 31.1 Å². The minimum Gasteiger partial charge on any atom is -0.462 e. The van der Waals surface area contributed by atoms with Crippen molar-refractivity contribution in [1.29, 1.82) is 0 Å². The number of hydrogen-bond donors (Lipinski definition) is 0. The van der Waals surface area contributed by atoms with Gasteiger partial charge in [-0.3, -0.25) is 14.4 Å². The van der Waals surface area contributed by atoms with Crippen molar-refractivity contribution >= 4 is 17.9 Å². The Bertz CT molecular complexity index is 1300. The Morgan fingerprint density at radius 3 is 0.970 bits per heavy atom. The summed E-state index contributed by atoms with van der Waals surface area (Å²) in [6, 6.07) is 0. The second-order valence-corrected chi connectivity index (χ2v) is 18.5. The van der Waals surface area contributed by atoms with Gasteiger partial charge in [-0.1, -0.05) is 221 Å². The van der Waals surface area contributed by atoms with Crippen LogP contribution in [0.2, 0.25) is 0 Å². The number of allylic oxidation sites excluding steroid dienone is 14. The van der Waals surface area contributed by atoms with Crippen LogP contribution in [0.3, 0.4) is 0 Å². The van der Waals surface area contributed by atoms with E-state index >= 15 is 0 Å². The number of hydrogen-bond acceptors (Lipinski definition) is 6. The number of carbonyl (C=O) groups excluding carboxylic acids is 3. The van der Waals surface area contributed by atoms with E-state index in [0.29, 0.717) is 19.3 Å². The molecule has 6 heteroatoms. The molecule has 0 N–H and O–H groups in total. The van der Waals surface area contributed by atoms with Gasteiger partial charge in [-0.2, -0.15) is 0 Å². The minimum absolute atomic E-state index is 0.0854. The molecule has 6 nitrogen and oxygen atoms in total. The third kappa shape index (κ3) is 53.4. The predicted molar refractivity (Wildman–Crippen MR) is 288 cm³/mol. The summed E-state index contributed by atoms with van der Waals surface area (Å²) in [5, 5.41) is 0. The largest absolute Gasteiger partial charge is 0.462 e. The van der Waals surface area contributed by atoms with Crippen LogP contribution in [0.1, 0.15) is 265 Å². The van der Waals surface area contributed by atoms with Gasteiger partial charge in [-0.25, -0.2) is 0 Å². The van der Waals surface area contributed by atoms with Gasteiger partial charge in [0.2, 0.25) is 0 Å². The Kier molecular flexibility index (Phi) is 52.4. The van der Waals surface area contributed by atoms with E-state index in [9.17, 15) is 14.4 Å². The van der Waals surface area contributed by atoms with Crippen molar-refractivity contribution in [3.8, 4) is 0 Å². The van der Waals surface area contributed by atoms with Gasteiger partial charge in [-0.15, -0.1) is 0 Å². The molecule has 0 aromatic heterocycles. The SMILES string of the molecule is CC/C=C\C/C=C\C/C=C\C/C=C\C/C=C\CCCCCCCCCCCC(=O)OCC(COC(=O)CCCCCCC/C=C\CCCC)OC(=O)CCCCCCC/C=C\CCCCCC. The highest BCUT2D eigenvalue weighted by atomic mass is 16.6. The molecule has 0 aromatic carbocycles. The summed E-state index contributed by atoms with van der Waals surface area (Å²) >= 11 is 0. The van der Waals surface area contributed by atoms with Crippen molar-refractivity contribution in [3.63, 3.8) is 0 Å². The van der Waals surface area contributed by atoms with Gasteiger partial charge in [0, 0.05) is 19.3 Å². The summed E-state index contributed by atoms with van der Waals surface area (Å²) < 4.78 is 16.8. The van der Waals surface area contributed by atoms with Gasteiger partial charge in [-0.05, 0) is 109 Å². The number of unbranched alkanes of at least 4 members (excludes halogenated alkanes) is 25. The van der Waals surface area contributed by atoms with Gasteiger partial charge in [0.1, 0.15) is 13.2 Å². The molecule has 0 fully saturated rings. The standard InChI is InChI=1S/C61H104O6/c1-4-7-10-13-16-19-22-24-25-26-27-28-29-30-31-32-33-34-35-37-39-42-45-48-51-54-60(63)66-57-58(56-65-59(62)53-50-47-44-41-38-21-18-15-12-9-6-3)67-61(64)55-52-49-46-43-40-36-23-20-17-14-11-8-5-2/h7,10,15-16,18-20,23-25,27-28,30-31,58H,4-6,8-9,11-14,17,21-22,26,29,32-57H2,1-3H3/b10-7-,18-15-,19-16-,23-20-,25-24-,28-27-,31-30-. The molecule has 67 heavy (non-hydrogen) atoms. The summed E-state index contributed by atoms with van der Waals surface area (Å²) in [6.07, 6.45) is 71.5. The van der Waals surface area contributed by atoms with Gasteiger partial charge in [0.15, 0.2) is 6.10 Å². The first-order valence-corrected chi connectivity index (χ1v) is 28.1. The monoisotopic (exact) mass is 933 g/mol. The Hall–Kier alpha value is -3.41. The lowest BCUT2D eigenvalue weighted by Crippen LogP contribution is -2.30. The smallest absolute Gasteiger partial charge is 0.306 e. The highest BCUT2D eigenvalue weighted by Crippen LogP contribution is 2.15. The van der Waals surface area contributed by atoms with E-state index in [2.05, 4.69) is 106 Å². The highest BCUT2D eigenvalue weighted by molar-refractivity contribution is 5.71. The molecule has 0 aromatic rings. The molecule has 0 radical (unpaired) electrons. The second-order valence-electron chi connectivity index (χ2n) is 18.5. The molecule has 0 aliphatic carbocycles. The van der Waals surface area contributed by atoms with Crippen LogP contribution in [0.15, 0.2) is 85.1 Å². The minimum atomic E-state index is -0.786. The zero-order valence-electron chi connectivity index (χ0n) is 43.9. The van der Waals surface area contributed by atoms with Crippen LogP contribution in [0.5, 0.6) is 0 Å². The van der Waals surface area contributed by atoms with E-state index < -0.39 is 6.10 Å². The average Bonchev–Trinajstić information content (AvgIpc) is 3.33. The molecule has 0 aliphatic heterocycles. The molecule has 0 saturated carbocycles. The number of rotatable bonds is 50. The van der Waals surface area contributed by atoms with Crippen LogP contribution < -0.4 is 0 Å². The molecule has 1 unspecified atom stereocenters. The molecular weight excluding hydrogens is 829 g/mol. The van der Waals surface area contributed by atoms with Crippen molar-refractivity contribution in [2.75, 3.05) is 13.2 Å². The highest BCUT2D eigenvalue weighted by Gasteiger charge is 2.19. The quantitative estimate of drug-likeness (QED) is 0.0262. The topological polar surface area (TPSA) is 78.9 Å². The molecule has 0 saturated heterocycles. The van der Waals surface area contributed by atoms with Gasteiger partial charge in [0.25, 0.3) is 0 Å². The Morgan fingerprint density at radius 1 is 0.313 bits per heavy atom. The number of esters is 3. The fraction of sp³-hybridized carbons (Fsp3) is 0.721. The lowest BCUT2D eigenvalue weighted by molar-refractivity contribution is -0.167. The van der Waals surface area contributed by atoms with Crippen LogP contribution in [-0.2, 0) is 28.6 Å². The molecule has 0 amide bonds. The first-order valence-electron chi connectivity index (χ1n) is 28.1. The maximum Gasteiger partial charge on any atom is 0.306 e. The molecule has 1 atom stereocenters. The fourth-order valence-corrected chi connectivity index (χ4v) is 7.62. The maximum atomic E-state index is 12.8. The summed E-state index contributed by atoms with van der Waals surface area (Å²) in [5.74, 6) is -0.907. The summed E-state index contributed by atoms with van der Waals surface area (Å²) in [5.41, 5.74) is 0. The number of ether oxygens (including phenoxy) is 3. The molecule has 384 valence electrons. The van der Waals surface area contributed by atoms with Gasteiger partial charge >= 0.3 is 17.9 Å². The summed E-state index contributed by atoms with van der Waals surface area (Å²) in [7, 11) is 0. The van der Waals surface area contributed by atoms with Crippen molar-refractivity contribution in [1.82, 2.24) is 0 Å². The van der Waals surface area contributed by atoms with Crippen molar-refractivity contribution in [3.05, 3.63) is 85.1 Å². The first kappa shape index (κ1) is 63.6. The second kappa shape index (κ2) is 55.2. The molecular formula is C61H104O6. The van der Waals surface area contributed by atoms with Crippen molar-refractivity contribution < 1.29 is 28.6 Å². The number of carbonyl (C=O) groups is 3. The maximum absolute atomic E-state index is 12.8. The van der Waals surface area contributed by atoms with Crippen molar-refractivity contribution in [2.45, 2.75) is 271 Å². The average molecular weight is 933 g/mol. The van der Waals surface area contributed by atoms with E-state index in [1.165, 1.54) is 109 Å². The van der Waals surface area contributed by atoms with E-state index in [0.717, 1.165) is 116 Å².